The van der Waals surface area contributed by atoms with E-state index in [1.807, 2.05) is 58.9 Å². The minimum absolute atomic E-state index is 0.0118. The van der Waals surface area contributed by atoms with Crippen LogP contribution in [0.25, 0.3) is 5.57 Å². The van der Waals surface area contributed by atoms with Crippen molar-refractivity contribution in [3.63, 3.8) is 0 Å². The van der Waals surface area contributed by atoms with Crippen LogP contribution in [-0.2, 0) is 10.2 Å². The number of nitrogens with zero attached hydrogens (tertiary/aromatic N) is 2. The molecule has 0 aliphatic carbocycles. The minimum atomic E-state index is -0.362. The fraction of sp³-hybridized carbons (Fsp3) is 0.381. The number of fused-ring (bicyclic) bond motifs is 1. The highest BCUT2D eigenvalue weighted by Gasteiger charge is 2.35. The van der Waals surface area contributed by atoms with Crippen LogP contribution < -0.4 is 5.32 Å². The molecule has 0 unspecified atom stereocenters. The number of aromatic nitrogens is 2. The minimum Gasteiger partial charge on any atom is -0.350 e. The molecular weight excluding hydrogens is 340 g/mol. The number of carbonyl (C=O) groups is 2. The van der Waals surface area contributed by atoms with Crippen molar-refractivity contribution in [2.75, 3.05) is 6.54 Å². The van der Waals surface area contributed by atoms with Gasteiger partial charge >= 0.3 is 0 Å². The first-order valence-electron chi connectivity index (χ1n) is 9.13. The molecule has 6 heteroatoms. The highest BCUT2D eigenvalue weighted by molar-refractivity contribution is 6.20. The summed E-state index contributed by atoms with van der Waals surface area (Å²) in [6.07, 6.45) is 3.39. The maximum Gasteiger partial charge on any atom is 0.257 e. The summed E-state index contributed by atoms with van der Waals surface area (Å²) in [5.74, 6) is -0.356. The summed E-state index contributed by atoms with van der Waals surface area (Å²) < 4.78 is 0. The Morgan fingerprint density at radius 1 is 1.22 bits per heavy atom. The Hall–Kier alpha value is -2.89. The van der Waals surface area contributed by atoms with E-state index in [1.165, 1.54) is 0 Å². The summed E-state index contributed by atoms with van der Waals surface area (Å²) in [5, 5.41) is 10.0. The van der Waals surface area contributed by atoms with Crippen molar-refractivity contribution in [3.05, 3.63) is 59.0 Å². The number of carbonyl (C=O) groups excluding carboxylic acids is 2. The zero-order chi connectivity index (χ0) is 19.8. The van der Waals surface area contributed by atoms with Gasteiger partial charge in [-0.2, -0.15) is 5.10 Å². The molecule has 0 radical (unpaired) electrons. The van der Waals surface area contributed by atoms with Crippen LogP contribution >= 0.6 is 0 Å². The molecule has 0 spiro atoms. The van der Waals surface area contributed by atoms with Crippen LogP contribution in [-0.4, -0.2) is 39.5 Å². The molecule has 1 aliphatic rings. The topological polar surface area (TPSA) is 78.1 Å². The Balaban J connectivity index is 2.06. The van der Waals surface area contributed by atoms with Gasteiger partial charge in [-0.05, 0) is 32.9 Å². The fourth-order valence-corrected chi connectivity index (χ4v) is 3.29. The largest absolute Gasteiger partial charge is 0.350 e. The number of benzene rings is 1. The summed E-state index contributed by atoms with van der Waals surface area (Å²) in [6.45, 7) is 10.3. The van der Waals surface area contributed by atoms with Crippen molar-refractivity contribution >= 4 is 17.4 Å². The monoisotopic (exact) mass is 366 g/mol. The molecule has 1 aromatic heterocycles. The van der Waals surface area contributed by atoms with Gasteiger partial charge in [0.2, 0.25) is 0 Å². The van der Waals surface area contributed by atoms with Gasteiger partial charge in [0.25, 0.3) is 11.8 Å². The lowest BCUT2D eigenvalue weighted by Crippen LogP contribution is -2.37. The zero-order valence-electron chi connectivity index (χ0n) is 16.5. The third-order valence-corrected chi connectivity index (χ3v) is 4.71. The van der Waals surface area contributed by atoms with E-state index in [4.69, 9.17) is 0 Å². The van der Waals surface area contributed by atoms with E-state index in [0.717, 1.165) is 11.1 Å². The second-order valence-corrected chi connectivity index (χ2v) is 8.01. The third kappa shape index (κ3) is 3.79. The number of rotatable bonds is 3. The second kappa shape index (κ2) is 7.02. The predicted molar refractivity (Wildman–Crippen MR) is 105 cm³/mol. The van der Waals surface area contributed by atoms with Crippen LogP contribution in [0.5, 0.6) is 0 Å². The quantitative estimate of drug-likeness (QED) is 0.876. The summed E-state index contributed by atoms with van der Waals surface area (Å²) >= 11 is 0. The van der Waals surface area contributed by atoms with E-state index >= 15 is 0 Å². The number of H-pyrrole nitrogens is 1. The van der Waals surface area contributed by atoms with Crippen molar-refractivity contribution in [2.24, 2.45) is 0 Å². The van der Waals surface area contributed by atoms with Crippen molar-refractivity contribution in [2.45, 2.75) is 46.1 Å². The van der Waals surface area contributed by atoms with Crippen LogP contribution in [0, 0.1) is 6.92 Å². The molecular formula is C21H26N4O2. The smallest absolute Gasteiger partial charge is 0.257 e. The van der Waals surface area contributed by atoms with Crippen LogP contribution in [0.1, 0.15) is 54.9 Å². The first-order chi connectivity index (χ1) is 12.7. The zero-order valence-corrected chi connectivity index (χ0v) is 16.5. The van der Waals surface area contributed by atoms with E-state index in [0.29, 0.717) is 23.4 Å². The molecule has 0 saturated carbocycles. The Kier molecular flexibility index (Phi) is 4.91. The molecule has 1 aliphatic heterocycles. The van der Waals surface area contributed by atoms with Gasteiger partial charge in [-0.3, -0.25) is 14.7 Å². The van der Waals surface area contributed by atoms with Crippen LogP contribution in [0.4, 0.5) is 0 Å². The number of hydrogen-bond acceptors (Lipinski definition) is 3. The summed E-state index contributed by atoms with van der Waals surface area (Å²) in [7, 11) is 0. The Morgan fingerprint density at radius 3 is 2.52 bits per heavy atom. The standard InChI is InChI=1S/C21H26N4O2/c1-13(2)23-19(26)16-11-25(20(27)15-8-6-14(3)7-9-15)12-21(4,5)17-10-22-24-18(16)17/h6-11,13H,12H2,1-5H3,(H,22,24)(H,23,26). The number of aryl methyl sites for hydroxylation is 1. The Morgan fingerprint density at radius 2 is 1.89 bits per heavy atom. The van der Waals surface area contributed by atoms with Crippen LogP contribution in [0.2, 0.25) is 0 Å². The van der Waals surface area contributed by atoms with Crippen molar-refractivity contribution in [1.82, 2.24) is 20.4 Å². The first kappa shape index (κ1) is 18.9. The van der Waals surface area contributed by atoms with Gasteiger partial charge in [0.1, 0.15) is 0 Å². The van der Waals surface area contributed by atoms with Crippen LogP contribution in [0.15, 0.2) is 36.7 Å². The first-order valence-corrected chi connectivity index (χ1v) is 9.13. The lowest BCUT2D eigenvalue weighted by atomic mass is 9.84. The average molecular weight is 366 g/mol. The number of amides is 2. The third-order valence-electron chi connectivity index (χ3n) is 4.71. The Bertz CT molecular complexity index is 891. The predicted octanol–water partition coefficient (Wildman–Crippen LogP) is 3.02. The molecule has 0 atom stereocenters. The van der Waals surface area contributed by atoms with Gasteiger partial charge in [0.05, 0.1) is 17.5 Å². The molecule has 0 bridgehead atoms. The van der Waals surface area contributed by atoms with Gasteiger partial charge in [0.15, 0.2) is 0 Å². The molecule has 2 amide bonds. The molecule has 2 N–H and O–H groups in total. The number of nitrogens with one attached hydrogen (secondary N) is 2. The second-order valence-electron chi connectivity index (χ2n) is 8.01. The molecule has 0 saturated heterocycles. The molecule has 27 heavy (non-hydrogen) atoms. The Labute approximate surface area is 159 Å². The summed E-state index contributed by atoms with van der Waals surface area (Å²) in [6, 6.07) is 7.45. The molecule has 6 nitrogen and oxygen atoms in total. The lowest BCUT2D eigenvalue weighted by molar-refractivity contribution is -0.116. The molecule has 2 aromatic rings. The van der Waals surface area contributed by atoms with Gasteiger partial charge in [-0.25, -0.2) is 0 Å². The van der Waals surface area contributed by atoms with E-state index in [1.54, 1.807) is 17.3 Å². The van der Waals surface area contributed by atoms with E-state index in [9.17, 15) is 9.59 Å². The maximum atomic E-state index is 13.1. The van der Waals surface area contributed by atoms with Gasteiger partial charge in [0, 0.05) is 35.3 Å². The lowest BCUT2D eigenvalue weighted by Gasteiger charge is -2.28. The highest BCUT2D eigenvalue weighted by atomic mass is 16.2. The summed E-state index contributed by atoms with van der Waals surface area (Å²) in [5.41, 5.74) is 3.33. The van der Waals surface area contributed by atoms with Crippen molar-refractivity contribution < 1.29 is 9.59 Å². The maximum absolute atomic E-state index is 13.1. The van der Waals surface area contributed by atoms with E-state index in [-0.39, 0.29) is 23.3 Å². The van der Waals surface area contributed by atoms with Crippen molar-refractivity contribution in [3.8, 4) is 0 Å². The molecule has 3 rings (SSSR count). The van der Waals surface area contributed by atoms with E-state index < -0.39 is 0 Å². The number of aromatic amines is 1. The summed E-state index contributed by atoms with van der Waals surface area (Å²) in [4.78, 5) is 27.6. The normalized spacial score (nSPS) is 15.8. The molecule has 1 aromatic carbocycles. The molecule has 142 valence electrons. The van der Waals surface area contributed by atoms with Crippen LogP contribution in [0.3, 0.4) is 0 Å². The highest BCUT2D eigenvalue weighted by Crippen LogP contribution is 2.34. The van der Waals surface area contributed by atoms with Gasteiger partial charge < -0.3 is 10.2 Å². The van der Waals surface area contributed by atoms with Gasteiger partial charge in [-0.1, -0.05) is 31.5 Å². The van der Waals surface area contributed by atoms with Gasteiger partial charge in [-0.15, -0.1) is 0 Å². The molecule has 0 fully saturated rings. The van der Waals surface area contributed by atoms with E-state index in [2.05, 4.69) is 15.5 Å². The SMILES string of the molecule is Cc1ccc(C(=O)N2C=C(C(=O)NC(C)C)c3[nH]ncc3C(C)(C)C2)cc1. The molecule has 2 heterocycles. The van der Waals surface area contributed by atoms with Crippen molar-refractivity contribution in [1.29, 1.82) is 0 Å². The number of hydrogen-bond donors (Lipinski definition) is 2. The average Bonchev–Trinajstić information content (AvgIpc) is 3.04. The fourth-order valence-electron chi connectivity index (χ4n) is 3.29.